The van der Waals surface area contributed by atoms with Crippen LogP contribution in [0.25, 0.3) is 0 Å². The van der Waals surface area contributed by atoms with Crippen LogP contribution in [0.1, 0.15) is 20.3 Å². The molecule has 0 aliphatic carbocycles. The van der Waals surface area contributed by atoms with Crippen LogP contribution in [0, 0.1) is 0 Å². The molecule has 0 amide bonds. The van der Waals surface area contributed by atoms with Crippen molar-refractivity contribution in [2.24, 2.45) is 5.73 Å². The standard InChI is InChI=1S/C7H15NO3/c1-3-5(8)6(9)7(10)11-4-2/h5-6,9H,3-4,8H2,1-2H3. The van der Waals surface area contributed by atoms with Gasteiger partial charge in [-0.1, -0.05) is 6.92 Å². The number of nitrogens with two attached hydrogens (primary N) is 1. The van der Waals surface area contributed by atoms with Crippen molar-refractivity contribution in [2.45, 2.75) is 32.4 Å². The number of aliphatic hydroxyl groups is 1. The van der Waals surface area contributed by atoms with E-state index in [2.05, 4.69) is 4.74 Å². The number of esters is 1. The lowest BCUT2D eigenvalue weighted by Crippen LogP contribution is -2.40. The second kappa shape index (κ2) is 5.09. The Bertz CT molecular complexity index is 127. The summed E-state index contributed by atoms with van der Waals surface area (Å²) in [5.41, 5.74) is 5.40. The molecule has 4 heteroatoms. The molecule has 0 saturated heterocycles. The molecule has 4 nitrogen and oxygen atoms in total. The number of ether oxygens (including phenoxy) is 1. The van der Waals surface area contributed by atoms with Crippen molar-refractivity contribution in [1.29, 1.82) is 0 Å². The van der Waals surface area contributed by atoms with E-state index in [0.717, 1.165) is 0 Å². The summed E-state index contributed by atoms with van der Waals surface area (Å²) in [6, 6.07) is -0.519. The lowest BCUT2D eigenvalue weighted by Gasteiger charge is -2.14. The third-order valence-electron chi connectivity index (χ3n) is 1.41. The van der Waals surface area contributed by atoms with Gasteiger partial charge in [-0.05, 0) is 13.3 Å². The molecule has 0 aromatic heterocycles. The molecule has 2 atom stereocenters. The van der Waals surface area contributed by atoms with E-state index in [1.165, 1.54) is 0 Å². The number of carbonyl (C=O) groups excluding carboxylic acids is 1. The first-order chi connectivity index (χ1) is 5.13. The lowest BCUT2D eigenvalue weighted by atomic mass is 10.1. The SMILES string of the molecule is CCOC(=O)C(O)C(N)CC. The Morgan fingerprint density at radius 3 is 2.55 bits per heavy atom. The summed E-state index contributed by atoms with van der Waals surface area (Å²) >= 11 is 0. The summed E-state index contributed by atoms with van der Waals surface area (Å²) in [6.07, 6.45) is -0.625. The Hall–Kier alpha value is -0.610. The minimum absolute atomic E-state index is 0.270. The summed E-state index contributed by atoms with van der Waals surface area (Å²) < 4.78 is 4.56. The summed E-state index contributed by atoms with van der Waals surface area (Å²) in [4.78, 5) is 10.8. The average molecular weight is 161 g/mol. The highest BCUT2D eigenvalue weighted by molar-refractivity contribution is 5.75. The van der Waals surface area contributed by atoms with Crippen LogP contribution < -0.4 is 5.73 Å². The van der Waals surface area contributed by atoms with Gasteiger partial charge in [-0.2, -0.15) is 0 Å². The Morgan fingerprint density at radius 2 is 2.18 bits per heavy atom. The fraction of sp³-hybridized carbons (Fsp3) is 0.857. The van der Waals surface area contributed by atoms with E-state index in [0.29, 0.717) is 6.42 Å². The van der Waals surface area contributed by atoms with Crippen molar-refractivity contribution in [3.05, 3.63) is 0 Å². The van der Waals surface area contributed by atoms with E-state index in [4.69, 9.17) is 10.8 Å². The summed E-state index contributed by atoms with van der Waals surface area (Å²) in [6.45, 7) is 3.75. The molecule has 0 saturated carbocycles. The maximum Gasteiger partial charge on any atom is 0.336 e. The number of carbonyl (C=O) groups is 1. The number of hydrogen-bond donors (Lipinski definition) is 2. The maximum atomic E-state index is 10.8. The highest BCUT2D eigenvalue weighted by atomic mass is 16.5. The molecule has 0 radical (unpaired) electrons. The zero-order valence-corrected chi connectivity index (χ0v) is 6.91. The largest absolute Gasteiger partial charge is 0.464 e. The van der Waals surface area contributed by atoms with E-state index < -0.39 is 18.1 Å². The molecule has 0 aliphatic rings. The Kier molecular flexibility index (Phi) is 4.81. The van der Waals surface area contributed by atoms with Crippen molar-refractivity contribution in [2.75, 3.05) is 6.61 Å². The predicted molar refractivity (Wildman–Crippen MR) is 40.9 cm³/mol. The molecule has 2 unspecified atom stereocenters. The Balaban J connectivity index is 3.80. The zero-order chi connectivity index (χ0) is 8.85. The molecular weight excluding hydrogens is 146 g/mol. The Morgan fingerprint density at radius 1 is 1.64 bits per heavy atom. The average Bonchev–Trinajstić information content (AvgIpc) is 2.02. The lowest BCUT2D eigenvalue weighted by molar-refractivity contribution is -0.154. The fourth-order valence-corrected chi connectivity index (χ4v) is 0.626. The van der Waals surface area contributed by atoms with Gasteiger partial charge < -0.3 is 15.6 Å². The van der Waals surface area contributed by atoms with Crippen LogP contribution in [0.15, 0.2) is 0 Å². The monoisotopic (exact) mass is 161 g/mol. The molecule has 0 fully saturated rings. The van der Waals surface area contributed by atoms with E-state index in [1.54, 1.807) is 13.8 Å². The van der Waals surface area contributed by atoms with E-state index in [9.17, 15) is 4.79 Å². The molecule has 0 aliphatic heterocycles. The molecule has 0 heterocycles. The number of aliphatic hydroxyl groups excluding tert-OH is 1. The van der Waals surface area contributed by atoms with E-state index in [1.807, 2.05) is 0 Å². The van der Waals surface area contributed by atoms with Crippen molar-refractivity contribution < 1.29 is 14.6 Å². The van der Waals surface area contributed by atoms with Crippen molar-refractivity contribution in [3.8, 4) is 0 Å². The third-order valence-corrected chi connectivity index (χ3v) is 1.41. The van der Waals surface area contributed by atoms with Crippen molar-refractivity contribution >= 4 is 5.97 Å². The van der Waals surface area contributed by atoms with Gasteiger partial charge in [0.1, 0.15) is 0 Å². The van der Waals surface area contributed by atoms with Crippen LogP contribution in [0.4, 0.5) is 0 Å². The fourth-order valence-electron chi connectivity index (χ4n) is 0.626. The first kappa shape index (κ1) is 10.4. The molecule has 0 bridgehead atoms. The van der Waals surface area contributed by atoms with Crippen LogP contribution in [-0.4, -0.2) is 29.8 Å². The second-order valence-corrected chi connectivity index (χ2v) is 2.27. The van der Waals surface area contributed by atoms with E-state index >= 15 is 0 Å². The van der Waals surface area contributed by atoms with Crippen LogP contribution in [-0.2, 0) is 9.53 Å². The van der Waals surface area contributed by atoms with Crippen LogP contribution in [0.2, 0.25) is 0 Å². The quantitative estimate of drug-likeness (QED) is 0.553. The van der Waals surface area contributed by atoms with Crippen molar-refractivity contribution in [3.63, 3.8) is 0 Å². The highest BCUT2D eigenvalue weighted by Gasteiger charge is 2.22. The molecule has 66 valence electrons. The van der Waals surface area contributed by atoms with Gasteiger partial charge in [0.25, 0.3) is 0 Å². The molecule has 0 rings (SSSR count). The predicted octanol–water partition coefficient (Wildman–Crippen LogP) is -0.352. The van der Waals surface area contributed by atoms with Gasteiger partial charge >= 0.3 is 5.97 Å². The minimum atomic E-state index is -1.18. The van der Waals surface area contributed by atoms with Gasteiger partial charge in [0.05, 0.1) is 6.61 Å². The van der Waals surface area contributed by atoms with Gasteiger partial charge in [0.2, 0.25) is 0 Å². The maximum absolute atomic E-state index is 10.8. The highest BCUT2D eigenvalue weighted by Crippen LogP contribution is 1.97. The molecule has 0 spiro atoms. The van der Waals surface area contributed by atoms with Crippen LogP contribution in [0.3, 0.4) is 0 Å². The van der Waals surface area contributed by atoms with Crippen LogP contribution >= 0.6 is 0 Å². The van der Waals surface area contributed by atoms with Gasteiger partial charge in [-0.15, -0.1) is 0 Å². The minimum Gasteiger partial charge on any atom is -0.464 e. The Labute approximate surface area is 66.3 Å². The molecule has 11 heavy (non-hydrogen) atoms. The molecule has 3 N–H and O–H groups in total. The number of hydrogen-bond acceptors (Lipinski definition) is 4. The van der Waals surface area contributed by atoms with Crippen LogP contribution in [0.5, 0.6) is 0 Å². The topological polar surface area (TPSA) is 72.5 Å². The summed E-state index contributed by atoms with van der Waals surface area (Å²) in [7, 11) is 0. The number of rotatable bonds is 4. The third kappa shape index (κ3) is 3.34. The molecule has 0 aromatic carbocycles. The summed E-state index contributed by atoms with van der Waals surface area (Å²) in [5, 5.41) is 9.12. The first-order valence-corrected chi connectivity index (χ1v) is 3.73. The normalized spacial score (nSPS) is 15.6. The van der Waals surface area contributed by atoms with Gasteiger partial charge in [-0.25, -0.2) is 4.79 Å². The van der Waals surface area contributed by atoms with Crippen molar-refractivity contribution in [1.82, 2.24) is 0 Å². The summed E-state index contributed by atoms with van der Waals surface area (Å²) in [5.74, 6) is -0.637. The van der Waals surface area contributed by atoms with Gasteiger partial charge in [0, 0.05) is 6.04 Å². The zero-order valence-electron chi connectivity index (χ0n) is 6.91. The molecule has 0 aromatic rings. The van der Waals surface area contributed by atoms with E-state index in [-0.39, 0.29) is 6.61 Å². The first-order valence-electron chi connectivity index (χ1n) is 3.73. The molecular formula is C7H15NO3. The van der Waals surface area contributed by atoms with Gasteiger partial charge in [-0.3, -0.25) is 0 Å². The van der Waals surface area contributed by atoms with Gasteiger partial charge in [0.15, 0.2) is 6.10 Å². The smallest absolute Gasteiger partial charge is 0.336 e. The second-order valence-electron chi connectivity index (χ2n) is 2.27.